The average Bonchev–Trinajstić information content (AvgIpc) is 2.91. The molecule has 4 heteroatoms. The fourth-order valence-corrected chi connectivity index (χ4v) is 5.29. The van der Waals surface area contributed by atoms with Crippen LogP contribution in [-0.2, 0) is 19.0 Å². The van der Waals surface area contributed by atoms with Crippen molar-refractivity contribution in [2.24, 2.45) is 0 Å². The zero-order valence-electron chi connectivity index (χ0n) is 25.1. The maximum Gasteiger partial charge on any atom is 0.283 e. The predicted molar refractivity (Wildman–Crippen MR) is 157 cm³/mol. The minimum Gasteiger partial charge on any atom is -0.327 e. The maximum absolute atomic E-state index is 11.6. The smallest absolute Gasteiger partial charge is 0.283 e. The Labute approximate surface area is 231 Å². The molecule has 1 rings (SSSR count). The highest BCUT2D eigenvalue weighted by Gasteiger charge is 2.37. The van der Waals surface area contributed by atoms with E-state index in [2.05, 4.69) is 13.8 Å². The molecule has 1 fully saturated rings. The van der Waals surface area contributed by atoms with Crippen molar-refractivity contribution in [3.63, 3.8) is 0 Å². The number of Topliss-reactive ketones (excluding diaryl/α,β-unsaturated/α-hetero) is 1. The van der Waals surface area contributed by atoms with Crippen molar-refractivity contribution in [1.82, 2.24) is 0 Å². The van der Waals surface area contributed by atoms with E-state index < -0.39 is 5.97 Å². The van der Waals surface area contributed by atoms with E-state index in [1.807, 2.05) is 0 Å². The van der Waals surface area contributed by atoms with Crippen molar-refractivity contribution in [2.75, 3.05) is 19.8 Å². The average molecular weight is 525 g/mol. The molecule has 37 heavy (non-hydrogen) atoms. The molecule has 0 amide bonds. The van der Waals surface area contributed by atoms with Crippen molar-refractivity contribution in [3.05, 3.63) is 0 Å². The summed E-state index contributed by atoms with van der Waals surface area (Å²) in [6, 6.07) is 0. The van der Waals surface area contributed by atoms with Crippen LogP contribution in [-0.4, -0.2) is 31.6 Å². The van der Waals surface area contributed by atoms with Crippen LogP contribution in [0.1, 0.15) is 181 Å². The summed E-state index contributed by atoms with van der Waals surface area (Å²) >= 11 is 0. The molecule has 0 atom stereocenters. The molecule has 0 spiro atoms. The SMILES string of the molecule is CCCCCCCCCCCCCCCCCCOC1(CCCCCCCCCCC)OCC(=O)CO1. The molecule has 0 N–H and O–H groups in total. The van der Waals surface area contributed by atoms with Gasteiger partial charge in [-0.2, -0.15) is 0 Å². The second-order valence-electron chi connectivity index (χ2n) is 11.5. The molecule has 0 bridgehead atoms. The van der Waals surface area contributed by atoms with Crippen LogP contribution in [0.25, 0.3) is 0 Å². The van der Waals surface area contributed by atoms with Gasteiger partial charge in [0.2, 0.25) is 0 Å². The van der Waals surface area contributed by atoms with Crippen LogP contribution in [0.4, 0.5) is 0 Å². The standard InChI is InChI=1S/C33H64O4/c1-3-5-7-9-11-13-14-15-16-17-18-19-21-23-25-27-29-35-33(36-30-32(34)31-37-33)28-26-24-22-20-12-10-8-6-4-2/h3-31H2,1-2H3. The number of hydrogen-bond donors (Lipinski definition) is 0. The van der Waals surface area contributed by atoms with Crippen LogP contribution in [0.15, 0.2) is 0 Å². The van der Waals surface area contributed by atoms with Gasteiger partial charge in [-0.1, -0.05) is 162 Å². The molecule has 0 saturated carbocycles. The van der Waals surface area contributed by atoms with E-state index in [1.165, 1.54) is 148 Å². The lowest BCUT2D eigenvalue weighted by molar-refractivity contribution is -0.389. The van der Waals surface area contributed by atoms with Crippen molar-refractivity contribution >= 4 is 5.78 Å². The largest absolute Gasteiger partial charge is 0.327 e. The van der Waals surface area contributed by atoms with Gasteiger partial charge in [-0.25, -0.2) is 0 Å². The molecule has 0 unspecified atom stereocenters. The number of carbonyl (C=O) groups excluding carboxylic acids is 1. The monoisotopic (exact) mass is 524 g/mol. The number of ketones is 1. The zero-order valence-corrected chi connectivity index (χ0v) is 25.1. The van der Waals surface area contributed by atoms with Gasteiger partial charge in [0.05, 0.1) is 6.61 Å². The number of rotatable bonds is 28. The van der Waals surface area contributed by atoms with Crippen LogP contribution in [0.2, 0.25) is 0 Å². The molecule has 1 aliphatic rings. The second kappa shape index (κ2) is 25.8. The highest BCUT2D eigenvalue weighted by Crippen LogP contribution is 2.27. The van der Waals surface area contributed by atoms with Gasteiger partial charge in [0, 0.05) is 6.42 Å². The Morgan fingerprint density at radius 2 is 0.838 bits per heavy atom. The highest BCUT2D eigenvalue weighted by molar-refractivity contribution is 5.81. The molecular weight excluding hydrogens is 460 g/mol. The van der Waals surface area contributed by atoms with Crippen LogP contribution in [0.5, 0.6) is 0 Å². The van der Waals surface area contributed by atoms with Crippen molar-refractivity contribution < 1.29 is 19.0 Å². The van der Waals surface area contributed by atoms with Gasteiger partial charge in [0.1, 0.15) is 13.2 Å². The van der Waals surface area contributed by atoms with E-state index in [4.69, 9.17) is 14.2 Å². The normalized spacial score (nSPS) is 15.5. The molecule has 4 nitrogen and oxygen atoms in total. The Morgan fingerprint density at radius 1 is 0.514 bits per heavy atom. The Balaban J connectivity index is 1.97. The Kier molecular flexibility index (Phi) is 24.1. The summed E-state index contributed by atoms with van der Waals surface area (Å²) in [5.74, 6) is -0.974. The van der Waals surface area contributed by atoms with Crippen LogP contribution in [0.3, 0.4) is 0 Å². The quantitative estimate of drug-likeness (QED) is 0.0955. The van der Waals surface area contributed by atoms with Crippen LogP contribution < -0.4 is 0 Å². The molecule has 0 radical (unpaired) electrons. The highest BCUT2D eigenvalue weighted by atomic mass is 16.9. The van der Waals surface area contributed by atoms with Crippen LogP contribution >= 0.6 is 0 Å². The van der Waals surface area contributed by atoms with E-state index in [0.29, 0.717) is 6.61 Å². The van der Waals surface area contributed by atoms with Gasteiger partial charge in [-0.05, 0) is 12.8 Å². The number of ether oxygens (including phenoxy) is 3. The Bertz CT molecular complexity index is 483. The fourth-order valence-electron chi connectivity index (χ4n) is 5.29. The minimum absolute atomic E-state index is 0.00807. The summed E-state index contributed by atoms with van der Waals surface area (Å²) in [6.07, 6.45) is 34.2. The second-order valence-corrected chi connectivity index (χ2v) is 11.5. The summed E-state index contributed by atoms with van der Waals surface area (Å²) < 4.78 is 17.7. The lowest BCUT2D eigenvalue weighted by Crippen LogP contribution is -2.47. The molecule has 0 aliphatic carbocycles. The third-order valence-corrected chi connectivity index (χ3v) is 7.81. The zero-order chi connectivity index (χ0) is 26.7. The molecule has 0 aromatic carbocycles. The van der Waals surface area contributed by atoms with E-state index in [-0.39, 0.29) is 19.0 Å². The molecular formula is C33H64O4. The topological polar surface area (TPSA) is 44.8 Å². The molecule has 1 saturated heterocycles. The maximum atomic E-state index is 11.6. The van der Waals surface area contributed by atoms with Crippen LogP contribution in [0, 0.1) is 0 Å². The van der Waals surface area contributed by atoms with Gasteiger partial charge in [0.25, 0.3) is 5.97 Å². The molecule has 1 heterocycles. The van der Waals surface area contributed by atoms with E-state index in [0.717, 1.165) is 19.3 Å². The van der Waals surface area contributed by atoms with Crippen molar-refractivity contribution in [1.29, 1.82) is 0 Å². The first-order chi connectivity index (χ1) is 18.2. The van der Waals surface area contributed by atoms with Gasteiger partial charge in [-0.15, -0.1) is 0 Å². The summed E-state index contributed by atoms with van der Waals surface area (Å²) in [5, 5.41) is 0. The molecule has 220 valence electrons. The fraction of sp³-hybridized carbons (Fsp3) is 0.970. The Morgan fingerprint density at radius 3 is 1.22 bits per heavy atom. The third-order valence-electron chi connectivity index (χ3n) is 7.81. The first kappa shape index (κ1) is 34.6. The summed E-state index contributed by atoms with van der Waals surface area (Å²) in [7, 11) is 0. The lowest BCUT2D eigenvalue weighted by Gasteiger charge is -2.36. The van der Waals surface area contributed by atoms with Crippen molar-refractivity contribution in [3.8, 4) is 0 Å². The summed E-state index contributed by atoms with van der Waals surface area (Å²) in [4.78, 5) is 11.6. The van der Waals surface area contributed by atoms with Gasteiger partial charge in [0.15, 0.2) is 5.78 Å². The Hall–Kier alpha value is -0.450. The number of carbonyl (C=O) groups is 1. The number of hydrogen-bond acceptors (Lipinski definition) is 4. The third kappa shape index (κ3) is 21.1. The van der Waals surface area contributed by atoms with Gasteiger partial charge >= 0.3 is 0 Å². The minimum atomic E-state index is -0.982. The molecule has 0 aromatic rings. The lowest BCUT2D eigenvalue weighted by atomic mass is 10.0. The van der Waals surface area contributed by atoms with Crippen molar-refractivity contribution in [2.45, 2.75) is 187 Å². The first-order valence-corrected chi connectivity index (χ1v) is 16.7. The van der Waals surface area contributed by atoms with E-state index in [1.54, 1.807) is 0 Å². The molecule has 0 aromatic heterocycles. The summed E-state index contributed by atoms with van der Waals surface area (Å²) in [6.45, 7) is 5.45. The van der Waals surface area contributed by atoms with Gasteiger partial charge in [-0.3, -0.25) is 4.79 Å². The van der Waals surface area contributed by atoms with Gasteiger partial charge < -0.3 is 14.2 Å². The molecule has 1 aliphatic heterocycles. The number of unbranched alkanes of at least 4 members (excludes halogenated alkanes) is 23. The van der Waals surface area contributed by atoms with E-state index >= 15 is 0 Å². The van der Waals surface area contributed by atoms with E-state index in [9.17, 15) is 4.79 Å². The summed E-state index contributed by atoms with van der Waals surface area (Å²) in [5.41, 5.74) is 0. The predicted octanol–water partition coefficient (Wildman–Crippen LogP) is 10.5. The first-order valence-electron chi connectivity index (χ1n) is 16.7.